The van der Waals surface area contributed by atoms with Gasteiger partial charge in [-0.05, 0) is 25.1 Å². The van der Waals surface area contributed by atoms with Crippen molar-refractivity contribution in [2.24, 2.45) is 0 Å². The summed E-state index contributed by atoms with van der Waals surface area (Å²) < 4.78 is 0. The fourth-order valence-corrected chi connectivity index (χ4v) is 1.41. The number of aromatic carboxylic acids is 1. The second-order valence-corrected chi connectivity index (χ2v) is 4.27. The Hall–Kier alpha value is -2.85. The summed E-state index contributed by atoms with van der Waals surface area (Å²) in [5.74, 6) is -1.78. The monoisotopic (exact) mass is 289 g/mol. The normalized spacial score (nSPS) is 12.1. The maximum absolute atomic E-state index is 11.8. The summed E-state index contributed by atoms with van der Waals surface area (Å²) >= 11 is 0. The lowest BCUT2D eigenvalue weighted by molar-refractivity contribution is -0.112. The number of aliphatic hydroxyl groups excluding tert-OH is 1. The van der Waals surface area contributed by atoms with Gasteiger partial charge in [0.1, 0.15) is 11.6 Å². The van der Waals surface area contributed by atoms with Gasteiger partial charge in [-0.3, -0.25) is 4.79 Å². The van der Waals surface area contributed by atoms with Crippen molar-refractivity contribution in [2.75, 3.05) is 11.9 Å². The minimum absolute atomic E-state index is 0.0301. The first-order valence-corrected chi connectivity index (χ1v) is 6.10. The third-order valence-corrected chi connectivity index (χ3v) is 2.39. The Morgan fingerprint density at radius 1 is 1.48 bits per heavy atom. The predicted molar refractivity (Wildman–Crippen MR) is 75.4 cm³/mol. The van der Waals surface area contributed by atoms with Crippen LogP contribution in [0.1, 0.15) is 17.3 Å². The van der Waals surface area contributed by atoms with Crippen molar-refractivity contribution >= 4 is 17.6 Å². The number of carbonyl (C=O) groups excluding carboxylic acids is 1. The van der Waals surface area contributed by atoms with Gasteiger partial charge < -0.3 is 20.8 Å². The average Bonchev–Trinajstić information content (AvgIpc) is 2.43. The van der Waals surface area contributed by atoms with Gasteiger partial charge in [0.05, 0.1) is 11.7 Å². The number of carboxylic acid groups (broad SMARTS) is 1. The fraction of sp³-hybridized carbons (Fsp3) is 0.214. The van der Waals surface area contributed by atoms with Gasteiger partial charge in [-0.25, -0.2) is 4.79 Å². The molecule has 0 aliphatic carbocycles. The number of anilines is 1. The Morgan fingerprint density at radius 2 is 2.19 bits per heavy atom. The summed E-state index contributed by atoms with van der Waals surface area (Å²) in [6.07, 6.45) is 0.583. The minimum Gasteiger partial charge on any atom is -0.478 e. The van der Waals surface area contributed by atoms with Gasteiger partial charge in [0.15, 0.2) is 0 Å². The van der Waals surface area contributed by atoms with Crippen molar-refractivity contribution in [2.45, 2.75) is 13.0 Å². The Bertz CT molecular complexity index is 602. The molecular formula is C14H15N3O4. The standard InChI is InChI=1S/C14H15N3O4/c1-9(18)7-16-8-11(6-15)13(19)17-12-4-2-3-10(5-12)14(20)21/h2-5,8-9,16,18H,7H2,1H3,(H,17,19)(H,20,21)/b11-8-. The summed E-state index contributed by atoms with van der Waals surface area (Å²) in [5, 5.41) is 31.9. The molecule has 0 aromatic heterocycles. The molecule has 0 fully saturated rings. The van der Waals surface area contributed by atoms with E-state index in [1.807, 2.05) is 0 Å². The molecule has 1 atom stereocenters. The lowest BCUT2D eigenvalue weighted by atomic mass is 10.2. The lowest BCUT2D eigenvalue weighted by Gasteiger charge is -2.06. The molecule has 0 saturated heterocycles. The Labute approximate surface area is 121 Å². The van der Waals surface area contributed by atoms with E-state index in [9.17, 15) is 9.59 Å². The second kappa shape index (κ2) is 7.67. The molecule has 21 heavy (non-hydrogen) atoms. The van der Waals surface area contributed by atoms with Crippen LogP contribution in [0.15, 0.2) is 36.0 Å². The zero-order valence-corrected chi connectivity index (χ0v) is 11.3. The molecule has 1 amide bonds. The average molecular weight is 289 g/mol. The van der Waals surface area contributed by atoms with E-state index >= 15 is 0 Å². The van der Waals surface area contributed by atoms with Crippen LogP contribution in [0.5, 0.6) is 0 Å². The molecule has 7 heteroatoms. The summed E-state index contributed by atoms with van der Waals surface area (Å²) in [7, 11) is 0. The quantitative estimate of drug-likeness (QED) is 0.451. The van der Waals surface area contributed by atoms with Gasteiger partial charge in [0.2, 0.25) is 0 Å². The molecule has 0 aliphatic heterocycles. The zero-order chi connectivity index (χ0) is 15.8. The van der Waals surface area contributed by atoms with Crippen molar-refractivity contribution in [1.29, 1.82) is 5.26 Å². The van der Waals surface area contributed by atoms with Crippen LogP contribution in [0, 0.1) is 11.3 Å². The SMILES string of the molecule is CC(O)CN/C=C(/C#N)C(=O)Nc1cccc(C(=O)O)c1. The predicted octanol–water partition coefficient (Wildman–Crippen LogP) is 0.701. The number of carboxylic acids is 1. The maximum Gasteiger partial charge on any atom is 0.335 e. The summed E-state index contributed by atoms with van der Waals surface area (Å²) in [6.45, 7) is 1.76. The van der Waals surface area contributed by atoms with Crippen molar-refractivity contribution < 1.29 is 19.8 Å². The first kappa shape index (κ1) is 16.2. The number of carbonyl (C=O) groups is 2. The molecule has 1 rings (SSSR count). The van der Waals surface area contributed by atoms with Crippen LogP contribution in [-0.4, -0.2) is 34.7 Å². The highest BCUT2D eigenvalue weighted by Gasteiger charge is 2.10. The van der Waals surface area contributed by atoms with Gasteiger partial charge in [-0.15, -0.1) is 0 Å². The van der Waals surface area contributed by atoms with Gasteiger partial charge in [-0.2, -0.15) is 5.26 Å². The summed E-state index contributed by atoms with van der Waals surface area (Å²) in [4.78, 5) is 22.7. The topological polar surface area (TPSA) is 122 Å². The van der Waals surface area contributed by atoms with Crippen molar-refractivity contribution in [1.82, 2.24) is 5.32 Å². The van der Waals surface area contributed by atoms with Crippen molar-refractivity contribution in [3.05, 3.63) is 41.6 Å². The first-order chi connectivity index (χ1) is 9.93. The highest BCUT2D eigenvalue weighted by molar-refractivity contribution is 6.06. The molecule has 1 aromatic carbocycles. The van der Waals surface area contributed by atoms with Gasteiger partial charge in [0.25, 0.3) is 5.91 Å². The molecule has 4 N–H and O–H groups in total. The number of nitriles is 1. The molecule has 0 bridgehead atoms. The smallest absolute Gasteiger partial charge is 0.335 e. The summed E-state index contributed by atoms with van der Waals surface area (Å²) in [5.41, 5.74) is 0.121. The van der Waals surface area contributed by atoms with E-state index in [1.54, 1.807) is 13.0 Å². The van der Waals surface area contributed by atoms with E-state index < -0.39 is 18.0 Å². The maximum atomic E-state index is 11.8. The molecule has 7 nitrogen and oxygen atoms in total. The molecule has 0 aliphatic rings. The van der Waals surface area contributed by atoms with Gasteiger partial charge in [-0.1, -0.05) is 6.07 Å². The third kappa shape index (κ3) is 5.34. The number of nitrogens with zero attached hydrogens (tertiary/aromatic N) is 1. The molecule has 1 unspecified atom stereocenters. The van der Waals surface area contributed by atoms with Crippen LogP contribution < -0.4 is 10.6 Å². The highest BCUT2D eigenvalue weighted by Crippen LogP contribution is 2.11. The zero-order valence-electron chi connectivity index (χ0n) is 11.3. The fourth-order valence-electron chi connectivity index (χ4n) is 1.41. The first-order valence-electron chi connectivity index (χ1n) is 6.10. The number of rotatable bonds is 6. The van der Waals surface area contributed by atoms with E-state index in [4.69, 9.17) is 15.5 Å². The molecule has 0 saturated carbocycles. The van der Waals surface area contributed by atoms with Crippen molar-refractivity contribution in [3.8, 4) is 6.07 Å². The minimum atomic E-state index is -1.11. The van der Waals surface area contributed by atoms with Crippen LogP contribution >= 0.6 is 0 Å². The molecule has 0 radical (unpaired) electrons. The van der Waals surface area contributed by atoms with E-state index in [1.165, 1.54) is 30.5 Å². The number of nitrogens with one attached hydrogen (secondary N) is 2. The van der Waals surface area contributed by atoms with Crippen LogP contribution in [0.25, 0.3) is 0 Å². The molecule has 1 aromatic rings. The van der Waals surface area contributed by atoms with Crippen LogP contribution in [-0.2, 0) is 4.79 Å². The molecule has 0 heterocycles. The van der Waals surface area contributed by atoms with Crippen LogP contribution in [0.4, 0.5) is 5.69 Å². The van der Waals surface area contributed by atoms with Gasteiger partial charge in [0, 0.05) is 18.4 Å². The number of hydrogen-bond acceptors (Lipinski definition) is 5. The third-order valence-electron chi connectivity index (χ3n) is 2.39. The van der Waals surface area contributed by atoms with Crippen molar-refractivity contribution in [3.63, 3.8) is 0 Å². The molecular weight excluding hydrogens is 274 g/mol. The number of aliphatic hydroxyl groups is 1. The Morgan fingerprint density at radius 3 is 2.76 bits per heavy atom. The largest absolute Gasteiger partial charge is 0.478 e. The molecule has 0 spiro atoms. The lowest BCUT2D eigenvalue weighted by Crippen LogP contribution is -2.22. The van der Waals surface area contributed by atoms with E-state index in [0.29, 0.717) is 0 Å². The summed E-state index contributed by atoms with van der Waals surface area (Å²) in [6, 6.07) is 7.41. The van der Waals surface area contributed by atoms with Crippen LogP contribution in [0.2, 0.25) is 0 Å². The molecule has 110 valence electrons. The highest BCUT2D eigenvalue weighted by atomic mass is 16.4. The number of hydrogen-bond donors (Lipinski definition) is 4. The Balaban J connectivity index is 2.77. The number of benzene rings is 1. The number of amides is 1. The van der Waals surface area contributed by atoms with Crippen LogP contribution in [0.3, 0.4) is 0 Å². The van der Waals surface area contributed by atoms with Gasteiger partial charge >= 0.3 is 5.97 Å². The second-order valence-electron chi connectivity index (χ2n) is 4.27. The van der Waals surface area contributed by atoms with E-state index in [-0.39, 0.29) is 23.4 Å². The van der Waals surface area contributed by atoms with E-state index in [2.05, 4.69) is 10.6 Å². The Kier molecular flexibility index (Phi) is 5.92. The van der Waals surface area contributed by atoms with E-state index in [0.717, 1.165) is 0 Å².